The van der Waals surface area contributed by atoms with E-state index < -0.39 is 17.6 Å². The minimum atomic E-state index is -4.63. The second-order valence-corrected chi connectivity index (χ2v) is 5.28. The number of aromatic nitrogens is 2. The molecule has 2 heterocycles. The summed E-state index contributed by atoms with van der Waals surface area (Å²) in [4.78, 5) is 19.4. The fourth-order valence-corrected chi connectivity index (χ4v) is 2.59. The van der Waals surface area contributed by atoms with Gasteiger partial charge in [0.1, 0.15) is 0 Å². The number of halogens is 3. The van der Waals surface area contributed by atoms with Crippen LogP contribution in [0.3, 0.4) is 0 Å². The van der Waals surface area contributed by atoms with Gasteiger partial charge in [0.15, 0.2) is 0 Å². The molecule has 0 unspecified atom stereocenters. The smallest absolute Gasteiger partial charge is 0.303 e. The highest BCUT2D eigenvalue weighted by molar-refractivity contribution is 5.22. The maximum absolute atomic E-state index is 12.7. The number of aromatic amines is 1. The van der Waals surface area contributed by atoms with E-state index in [2.05, 4.69) is 4.98 Å². The molecule has 0 fully saturated rings. The van der Waals surface area contributed by atoms with Crippen molar-refractivity contribution in [3.8, 4) is 0 Å². The molecule has 2 aromatic rings. The second kappa shape index (κ2) is 5.57. The summed E-state index contributed by atoms with van der Waals surface area (Å²) < 4.78 is 38.0. The fourth-order valence-electron chi connectivity index (χ4n) is 2.59. The van der Waals surface area contributed by atoms with Gasteiger partial charge >= 0.3 is 6.18 Å². The van der Waals surface area contributed by atoms with Crippen molar-refractivity contribution in [1.29, 1.82) is 0 Å². The van der Waals surface area contributed by atoms with E-state index in [9.17, 15) is 18.0 Å². The van der Waals surface area contributed by atoms with Crippen LogP contribution in [0.2, 0.25) is 0 Å². The van der Waals surface area contributed by atoms with Crippen molar-refractivity contribution in [2.75, 3.05) is 6.54 Å². The largest absolute Gasteiger partial charge is 0.449 e. The molecule has 1 aliphatic rings. The summed E-state index contributed by atoms with van der Waals surface area (Å²) in [5.41, 5.74) is 0.980. The van der Waals surface area contributed by atoms with Gasteiger partial charge in [-0.3, -0.25) is 9.69 Å². The number of benzene rings is 1. The van der Waals surface area contributed by atoms with Crippen LogP contribution in [0.1, 0.15) is 22.6 Å². The lowest BCUT2D eigenvalue weighted by Gasteiger charge is -2.27. The first kappa shape index (κ1) is 14.8. The van der Waals surface area contributed by atoms with Gasteiger partial charge in [0.2, 0.25) is 5.82 Å². The summed E-state index contributed by atoms with van der Waals surface area (Å²) in [6.07, 6.45) is -4.29. The number of H-pyrrole nitrogens is 1. The molecule has 4 nitrogen and oxygen atoms in total. The average molecular weight is 309 g/mol. The Morgan fingerprint density at radius 2 is 1.95 bits per heavy atom. The first-order chi connectivity index (χ1) is 10.4. The zero-order valence-electron chi connectivity index (χ0n) is 11.7. The van der Waals surface area contributed by atoms with Crippen molar-refractivity contribution in [1.82, 2.24) is 14.9 Å². The average Bonchev–Trinajstić information content (AvgIpc) is 2.48. The highest BCUT2D eigenvalue weighted by Gasteiger charge is 2.35. The third-order valence-corrected chi connectivity index (χ3v) is 3.67. The van der Waals surface area contributed by atoms with Crippen LogP contribution >= 0.6 is 0 Å². The molecule has 22 heavy (non-hydrogen) atoms. The van der Waals surface area contributed by atoms with Crippen molar-refractivity contribution in [3.63, 3.8) is 0 Å². The van der Waals surface area contributed by atoms with Crippen molar-refractivity contribution in [2.24, 2.45) is 0 Å². The Hall–Kier alpha value is -2.15. The molecular formula is C15H14F3N3O. The quantitative estimate of drug-likeness (QED) is 0.926. The van der Waals surface area contributed by atoms with Gasteiger partial charge < -0.3 is 4.98 Å². The Balaban J connectivity index is 1.83. The Kier molecular flexibility index (Phi) is 3.74. The van der Waals surface area contributed by atoms with E-state index in [4.69, 9.17) is 0 Å². The number of nitrogens with zero attached hydrogens (tertiary/aromatic N) is 2. The van der Waals surface area contributed by atoms with Crippen molar-refractivity contribution >= 4 is 0 Å². The summed E-state index contributed by atoms with van der Waals surface area (Å²) >= 11 is 0. The van der Waals surface area contributed by atoms with E-state index in [1.165, 1.54) is 0 Å². The van der Waals surface area contributed by atoms with Gasteiger partial charge in [-0.25, -0.2) is 4.98 Å². The predicted molar refractivity (Wildman–Crippen MR) is 74.1 cm³/mol. The van der Waals surface area contributed by atoms with E-state index >= 15 is 0 Å². The Labute approximate surface area is 124 Å². The molecule has 0 saturated heterocycles. The zero-order chi connectivity index (χ0) is 15.7. The SMILES string of the molecule is O=c1[nH]c(C(F)(F)F)nc2c1CN(Cc1ccccc1)CC2. The van der Waals surface area contributed by atoms with Gasteiger partial charge in [0, 0.05) is 26.1 Å². The standard InChI is InChI=1S/C15H14F3N3O/c16-15(17,18)14-19-12-6-7-21(9-11(12)13(22)20-14)8-10-4-2-1-3-5-10/h1-5H,6-9H2,(H,19,20,22). The lowest BCUT2D eigenvalue weighted by atomic mass is 10.1. The van der Waals surface area contributed by atoms with Gasteiger partial charge in [-0.05, 0) is 5.56 Å². The van der Waals surface area contributed by atoms with Gasteiger partial charge in [-0.2, -0.15) is 13.2 Å². The van der Waals surface area contributed by atoms with Crippen molar-refractivity contribution in [3.05, 3.63) is 63.3 Å². The van der Waals surface area contributed by atoms with Gasteiger partial charge in [0.05, 0.1) is 11.3 Å². The number of nitrogens with one attached hydrogen (secondary N) is 1. The molecule has 3 rings (SSSR count). The fraction of sp³-hybridized carbons (Fsp3) is 0.333. The first-order valence-corrected chi connectivity index (χ1v) is 6.89. The monoisotopic (exact) mass is 309 g/mol. The van der Waals surface area contributed by atoms with Crippen molar-refractivity contribution < 1.29 is 13.2 Å². The molecule has 116 valence electrons. The number of rotatable bonds is 2. The molecule has 0 bridgehead atoms. The van der Waals surface area contributed by atoms with Crippen molar-refractivity contribution in [2.45, 2.75) is 25.7 Å². The van der Waals surface area contributed by atoms with Gasteiger partial charge in [-0.1, -0.05) is 30.3 Å². The molecule has 0 saturated carbocycles. The van der Waals surface area contributed by atoms with E-state index in [0.29, 0.717) is 31.6 Å². The minimum Gasteiger partial charge on any atom is -0.303 e. The molecule has 0 aliphatic carbocycles. The van der Waals surface area contributed by atoms with Crippen LogP contribution in [-0.2, 0) is 25.7 Å². The summed E-state index contributed by atoms with van der Waals surface area (Å²) in [6, 6.07) is 9.73. The maximum atomic E-state index is 12.7. The molecular weight excluding hydrogens is 295 g/mol. The molecule has 7 heteroatoms. The second-order valence-electron chi connectivity index (χ2n) is 5.28. The van der Waals surface area contributed by atoms with E-state index in [1.807, 2.05) is 40.2 Å². The Morgan fingerprint density at radius 1 is 1.23 bits per heavy atom. The van der Waals surface area contributed by atoms with Crippen LogP contribution in [-0.4, -0.2) is 21.4 Å². The third kappa shape index (κ3) is 3.04. The van der Waals surface area contributed by atoms with Crippen LogP contribution in [0, 0.1) is 0 Å². The molecule has 0 radical (unpaired) electrons. The number of hydrogen-bond acceptors (Lipinski definition) is 3. The molecule has 1 aromatic heterocycles. The zero-order valence-corrected chi connectivity index (χ0v) is 11.7. The van der Waals surface area contributed by atoms with E-state index in [-0.39, 0.29) is 5.69 Å². The summed E-state index contributed by atoms with van der Waals surface area (Å²) in [5.74, 6) is -1.22. The number of fused-ring (bicyclic) bond motifs is 1. The molecule has 1 aromatic carbocycles. The van der Waals surface area contributed by atoms with Crippen LogP contribution in [0.25, 0.3) is 0 Å². The highest BCUT2D eigenvalue weighted by atomic mass is 19.4. The van der Waals surface area contributed by atoms with Crippen LogP contribution in [0.4, 0.5) is 13.2 Å². The van der Waals surface area contributed by atoms with Gasteiger partial charge in [-0.15, -0.1) is 0 Å². The normalized spacial score (nSPS) is 15.6. The molecule has 0 amide bonds. The summed E-state index contributed by atoms with van der Waals surface area (Å²) in [7, 11) is 0. The minimum absolute atomic E-state index is 0.250. The van der Waals surface area contributed by atoms with Crippen LogP contribution < -0.4 is 5.56 Å². The Bertz CT molecular complexity index is 725. The maximum Gasteiger partial charge on any atom is 0.449 e. The third-order valence-electron chi connectivity index (χ3n) is 3.67. The number of hydrogen-bond donors (Lipinski definition) is 1. The topological polar surface area (TPSA) is 49.0 Å². The number of alkyl halides is 3. The summed E-state index contributed by atoms with van der Waals surface area (Å²) in [5, 5.41) is 0. The lowest BCUT2D eigenvalue weighted by molar-refractivity contribution is -0.145. The molecule has 1 N–H and O–H groups in total. The molecule has 1 aliphatic heterocycles. The summed E-state index contributed by atoms with van der Waals surface area (Å²) in [6.45, 7) is 1.54. The highest BCUT2D eigenvalue weighted by Crippen LogP contribution is 2.26. The first-order valence-electron chi connectivity index (χ1n) is 6.89. The van der Waals surface area contributed by atoms with E-state index in [1.54, 1.807) is 0 Å². The Morgan fingerprint density at radius 3 is 2.64 bits per heavy atom. The lowest BCUT2D eigenvalue weighted by Crippen LogP contribution is -2.36. The van der Waals surface area contributed by atoms with Crippen LogP contribution in [0.5, 0.6) is 0 Å². The van der Waals surface area contributed by atoms with Gasteiger partial charge in [0.25, 0.3) is 5.56 Å². The van der Waals surface area contributed by atoms with E-state index in [0.717, 1.165) is 5.56 Å². The predicted octanol–water partition coefficient (Wildman–Crippen LogP) is 2.35. The van der Waals surface area contributed by atoms with Crippen LogP contribution in [0.15, 0.2) is 35.1 Å². The molecule has 0 spiro atoms. The molecule has 0 atom stereocenters.